The number of anilines is 1. The fraction of sp³-hybridized carbons (Fsp3) is 0.375. The maximum Gasteiger partial charge on any atom is 0.140 e. The molecule has 2 rings (SSSR count). The van der Waals surface area contributed by atoms with Gasteiger partial charge in [-0.05, 0) is 31.4 Å². The van der Waals surface area contributed by atoms with Crippen molar-refractivity contribution in [1.82, 2.24) is 4.98 Å². The Morgan fingerprint density at radius 2 is 2.05 bits per heavy atom. The van der Waals surface area contributed by atoms with Gasteiger partial charge in [0.05, 0.1) is 11.1 Å². The summed E-state index contributed by atoms with van der Waals surface area (Å²) in [4.78, 5) is 6.68. The van der Waals surface area contributed by atoms with Gasteiger partial charge in [0.1, 0.15) is 11.7 Å². The molecule has 0 unspecified atom stereocenters. The maximum absolute atomic E-state index is 8.81. The number of unbranched alkanes of at least 4 members (excludes halogenated alkanes) is 2. The molecule has 0 aliphatic carbocycles. The van der Waals surface area contributed by atoms with E-state index in [9.17, 15) is 0 Å². The standard InChI is InChI=1S/C16H22N4O/c1-20(9-5-2-6-10-21)16-13(15(17)18)11-12-7-3-4-8-14(12)19-16/h3-4,7-8,11,21H,2,5-6,9-10H2,1H3,(H3,17,18). The summed E-state index contributed by atoms with van der Waals surface area (Å²) in [5, 5.41) is 17.6. The number of hydrogen-bond acceptors (Lipinski definition) is 4. The molecule has 5 nitrogen and oxygen atoms in total. The molecule has 0 atom stereocenters. The molecule has 0 bridgehead atoms. The lowest BCUT2D eigenvalue weighted by molar-refractivity contribution is 0.283. The largest absolute Gasteiger partial charge is 0.396 e. The predicted molar refractivity (Wildman–Crippen MR) is 87.0 cm³/mol. The van der Waals surface area contributed by atoms with Crippen LogP contribution in [0.4, 0.5) is 5.82 Å². The van der Waals surface area contributed by atoms with Gasteiger partial charge in [0.15, 0.2) is 0 Å². The van der Waals surface area contributed by atoms with Crippen molar-refractivity contribution in [3.63, 3.8) is 0 Å². The van der Waals surface area contributed by atoms with E-state index in [0.29, 0.717) is 5.56 Å². The molecule has 0 saturated heterocycles. The first-order valence-corrected chi connectivity index (χ1v) is 7.19. The van der Waals surface area contributed by atoms with Crippen LogP contribution in [0.25, 0.3) is 10.9 Å². The molecule has 112 valence electrons. The molecule has 0 aliphatic rings. The Hall–Kier alpha value is -2.14. The molecule has 1 aromatic heterocycles. The second kappa shape index (κ2) is 7.04. The average molecular weight is 286 g/mol. The number of nitrogen functional groups attached to an aromatic ring is 1. The van der Waals surface area contributed by atoms with Crippen LogP contribution in [-0.2, 0) is 0 Å². The highest BCUT2D eigenvalue weighted by Crippen LogP contribution is 2.23. The van der Waals surface area contributed by atoms with Crippen LogP contribution >= 0.6 is 0 Å². The molecule has 4 N–H and O–H groups in total. The molecule has 21 heavy (non-hydrogen) atoms. The molecule has 0 fully saturated rings. The number of nitrogens with zero attached hydrogens (tertiary/aromatic N) is 2. The van der Waals surface area contributed by atoms with Crippen LogP contribution < -0.4 is 10.6 Å². The minimum atomic E-state index is 0.0328. The molecule has 1 heterocycles. The van der Waals surface area contributed by atoms with Crippen molar-refractivity contribution in [3.8, 4) is 0 Å². The molecule has 0 amide bonds. The minimum absolute atomic E-state index is 0.0328. The Kier molecular flexibility index (Phi) is 5.11. The van der Waals surface area contributed by atoms with Crippen LogP contribution in [-0.4, -0.2) is 36.1 Å². The van der Waals surface area contributed by atoms with Crippen molar-refractivity contribution in [3.05, 3.63) is 35.9 Å². The van der Waals surface area contributed by atoms with Crippen LogP contribution in [0.5, 0.6) is 0 Å². The number of benzene rings is 1. The molecular weight excluding hydrogens is 264 g/mol. The lowest BCUT2D eigenvalue weighted by Crippen LogP contribution is -2.24. The highest BCUT2D eigenvalue weighted by molar-refractivity contribution is 6.02. The number of amidine groups is 1. The SMILES string of the molecule is CN(CCCCCO)c1nc2ccccc2cc1C(=N)N. The van der Waals surface area contributed by atoms with Gasteiger partial charge in [0.2, 0.25) is 0 Å². The van der Waals surface area contributed by atoms with E-state index in [1.54, 1.807) is 0 Å². The van der Waals surface area contributed by atoms with Gasteiger partial charge in [-0.15, -0.1) is 0 Å². The number of nitrogens with two attached hydrogens (primary N) is 1. The molecule has 0 radical (unpaired) electrons. The van der Waals surface area contributed by atoms with E-state index in [4.69, 9.17) is 16.2 Å². The number of aromatic nitrogens is 1. The highest BCUT2D eigenvalue weighted by atomic mass is 16.2. The fourth-order valence-electron chi connectivity index (χ4n) is 2.34. The topological polar surface area (TPSA) is 86.2 Å². The van der Waals surface area contributed by atoms with Crippen molar-refractivity contribution >= 4 is 22.6 Å². The van der Waals surface area contributed by atoms with E-state index in [2.05, 4.69) is 4.98 Å². The van der Waals surface area contributed by atoms with Crippen LogP contribution in [0.15, 0.2) is 30.3 Å². The van der Waals surface area contributed by atoms with Crippen LogP contribution in [0, 0.1) is 5.41 Å². The molecule has 0 saturated carbocycles. The van der Waals surface area contributed by atoms with Gasteiger partial charge in [-0.3, -0.25) is 5.41 Å². The second-order valence-corrected chi connectivity index (χ2v) is 5.17. The number of hydrogen-bond donors (Lipinski definition) is 3. The predicted octanol–water partition coefficient (Wildman–Crippen LogP) is 2.12. The Labute approximate surface area is 124 Å². The van der Waals surface area contributed by atoms with Gasteiger partial charge < -0.3 is 15.7 Å². The van der Waals surface area contributed by atoms with Crippen molar-refractivity contribution in [2.75, 3.05) is 25.1 Å². The molecule has 0 aliphatic heterocycles. The Morgan fingerprint density at radius 3 is 2.76 bits per heavy atom. The van der Waals surface area contributed by atoms with Gasteiger partial charge >= 0.3 is 0 Å². The summed E-state index contributed by atoms with van der Waals surface area (Å²) in [5.41, 5.74) is 7.27. The fourth-order valence-corrected chi connectivity index (χ4v) is 2.34. The third-order valence-electron chi connectivity index (χ3n) is 3.51. The van der Waals surface area contributed by atoms with E-state index in [0.717, 1.165) is 42.5 Å². The molecule has 1 aromatic carbocycles. The molecule has 0 spiro atoms. The summed E-state index contributed by atoms with van der Waals surface area (Å²) < 4.78 is 0. The van der Waals surface area contributed by atoms with E-state index in [1.807, 2.05) is 42.3 Å². The van der Waals surface area contributed by atoms with Crippen molar-refractivity contribution in [2.45, 2.75) is 19.3 Å². The Morgan fingerprint density at radius 1 is 1.29 bits per heavy atom. The van der Waals surface area contributed by atoms with Crippen molar-refractivity contribution in [1.29, 1.82) is 5.41 Å². The highest BCUT2D eigenvalue weighted by Gasteiger charge is 2.13. The Bertz CT molecular complexity index is 627. The number of aliphatic hydroxyl groups is 1. The van der Waals surface area contributed by atoms with E-state index in [-0.39, 0.29) is 12.4 Å². The first-order chi connectivity index (χ1) is 10.1. The van der Waals surface area contributed by atoms with Crippen molar-refractivity contribution in [2.24, 2.45) is 5.73 Å². The Balaban J connectivity index is 2.27. The first kappa shape index (κ1) is 15.3. The quantitative estimate of drug-likeness (QED) is 0.413. The summed E-state index contributed by atoms with van der Waals surface area (Å²) in [7, 11) is 1.96. The van der Waals surface area contributed by atoms with Gasteiger partial charge in [-0.2, -0.15) is 0 Å². The second-order valence-electron chi connectivity index (χ2n) is 5.17. The average Bonchev–Trinajstić information content (AvgIpc) is 2.50. The zero-order valence-electron chi connectivity index (χ0n) is 12.3. The number of aliphatic hydroxyl groups excluding tert-OH is 1. The number of fused-ring (bicyclic) bond motifs is 1. The summed E-state index contributed by atoms with van der Waals surface area (Å²) in [5.74, 6) is 0.774. The van der Waals surface area contributed by atoms with Crippen LogP contribution in [0.1, 0.15) is 24.8 Å². The molecule has 2 aromatic rings. The third-order valence-corrected chi connectivity index (χ3v) is 3.51. The van der Waals surface area contributed by atoms with Gasteiger partial charge in [0.25, 0.3) is 0 Å². The molecular formula is C16H22N4O. The zero-order chi connectivity index (χ0) is 15.2. The van der Waals surface area contributed by atoms with Crippen LogP contribution in [0.3, 0.4) is 0 Å². The number of pyridine rings is 1. The number of rotatable bonds is 7. The lowest BCUT2D eigenvalue weighted by Gasteiger charge is -2.21. The van der Waals surface area contributed by atoms with Crippen molar-refractivity contribution < 1.29 is 5.11 Å². The maximum atomic E-state index is 8.81. The van der Waals surface area contributed by atoms with Crippen LogP contribution in [0.2, 0.25) is 0 Å². The normalized spacial score (nSPS) is 10.8. The lowest BCUT2D eigenvalue weighted by atomic mass is 10.1. The first-order valence-electron chi connectivity index (χ1n) is 7.19. The zero-order valence-corrected chi connectivity index (χ0v) is 12.3. The van der Waals surface area contributed by atoms with E-state index >= 15 is 0 Å². The van der Waals surface area contributed by atoms with Gasteiger partial charge in [-0.1, -0.05) is 18.2 Å². The summed E-state index contributed by atoms with van der Waals surface area (Å²) >= 11 is 0. The smallest absolute Gasteiger partial charge is 0.140 e. The molecule has 5 heteroatoms. The van der Waals surface area contributed by atoms with E-state index in [1.165, 1.54) is 0 Å². The van der Waals surface area contributed by atoms with E-state index < -0.39 is 0 Å². The van der Waals surface area contributed by atoms with Gasteiger partial charge in [-0.25, -0.2) is 4.98 Å². The summed E-state index contributed by atoms with van der Waals surface area (Å²) in [6.07, 6.45) is 2.77. The monoisotopic (exact) mass is 286 g/mol. The summed E-state index contributed by atoms with van der Waals surface area (Å²) in [6, 6.07) is 9.76. The number of nitrogens with one attached hydrogen (secondary N) is 1. The summed E-state index contributed by atoms with van der Waals surface area (Å²) in [6.45, 7) is 1.06. The minimum Gasteiger partial charge on any atom is -0.396 e. The third kappa shape index (κ3) is 3.70. The van der Waals surface area contributed by atoms with Gasteiger partial charge in [0, 0.05) is 25.6 Å². The number of para-hydroxylation sites is 1.